The van der Waals surface area contributed by atoms with Crippen LogP contribution < -0.4 is 16.6 Å². The van der Waals surface area contributed by atoms with E-state index in [2.05, 4.69) is 5.32 Å². The standard InChI is InChI=1S/C19H21N3O3/c1-9(2)11-6-5-7-12(10(3)4)16(11)22-14(23)8-13-15(17(22)20)19(25)21-18(13)24/h5-10H,20H2,1-4H3,(H,21,24,25). The van der Waals surface area contributed by atoms with E-state index >= 15 is 0 Å². The highest BCUT2D eigenvalue weighted by atomic mass is 16.2. The van der Waals surface area contributed by atoms with Crippen molar-refractivity contribution in [3.8, 4) is 5.69 Å². The number of benzene rings is 1. The fourth-order valence-electron chi connectivity index (χ4n) is 3.28. The molecule has 0 atom stereocenters. The van der Waals surface area contributed by atoms with Gasteiger partial charge in [-0.3, -0.25) is 24.3 Å². The Morgan fingerprint density at radius 2 is 1.52 bits per heavy atom. The van der Waals surface area contributed by atoms with Crippen molar-refractivity contribution in [2.75, 3.05) is 5.73 Å². The van der Waals surface area contributed by atoms with Crippen molar-refractivity contribution in [3.63, 3.8) is 0 Å². The van der Waals surface area contributed by atoms with Gasteiger partial charge in [0, 0.05) is 6.07 Å². The summed E-state index contributed by atoms with van der Waals surface area (Å²) in [4.78, 5) is 36.7. The van der Waals surface area contributed by atoms with Gasteiger partial charge >= 0.3 is 0 Å². The van der Waals surface area contributed by atoms with E-state index < -0.39 is 17.4 Å². The molecule has 0 aliphatic carbocycles. The van der Waals surface area contributed by atoms with Gasteiger partial charge < -0.3 is 5.73 Å². The molecule has 3 rings (SSSR count). The molecule has 1 aliphatic rings. The first-order valence-electron chi connectivity index (χ1n) is 8.28. The molecule has 0 radical (unpaired) electrons. The Labute approximate surface area is 145 Å². The molecule has 1 aromatic heterocycles. The third-order valence-electron chi connectivity index (χ3n) is 4.52. The smallest absolute Gasteiger partial charge is 0.262 e. The molecular formula is C19H21N3O3. The van der Waals surface area contributed by atoms with Crippen LogP contribution in [-0.2, 0) is 0 Å². The highest BCUT2D eigenvalue weighted by Crippen LogP contribution is 2.33. The zero-order valence-corrected chi connectivity index (χ0v) is 14.7. The highest BCUT2D eigenvalue weighted by Gasteiger charge is 2.32. The lowest BCUT2D eigenvalue weighted by Gasteiger charge is -2.22. The van der Waals surface area contributed by atoms with Crippen molar-refractivity contribution >= 4 is 17.6 Å². The van der Waals surface area contributed by atoms with E-state index in [1.54, 1.807) is 0 Å². The number of pyridine rings is 1. The van der Waals surface area contributed by atoms with E-state index in [4.69, 9.17) is 5.73 Å². The number of nitrogens with one attached hydrogen (secondary N) is 1. The van der Waals surface area contributed by atoms with Crippen LogP contribution in [0, 0.1) is 0 Å². The third kappa shape index (κ3) is 2.54. The average molecular weight is 339 g/mol. The molecule has 130 valence electrons. The quantitative estimate of drug-likeness (QED) is 0.840. The Kier molecular flexibility index (Phi) is 3.99. The number of nitrogens with two attached hydrogens (primary N) is 1. The van der Waals surface area contributed by atoms with Gasteiger partial charge in [-0.25, -0.2) is 0 Å². The number of imide groups is 1. The van der Waals surface area contributed by atoms with Crippen LogP contribution in [0.2, 0.25) is 0 Å². The maximum absolute atomic E-state index is 12.8. The molecule has 0 fully saturated rings. The van der Waals surface area contributed by atoms with Gasteiger partial charge in [-0.2, -0.15) is 0 Å². The number of nitrogens with zero attached hydrogens (tertiary/aromatic N) is 1. The maximum atomic E-state index is 12.8. The minimum atomic E-state index is -0.586. The Balaban J connectivity index is 2.44. The SMILES string of the molecule is CC(C)c1cccc(C(C)C)c1-n1c(N)c2c(cc1=O)C(=O)NC2=O. The molecule has 2 amide bonds. The van der Waals surface area contributed by atoms with E-state index in [-0.39, 0.29) is 28.8 Å². The normalized spacial score (nSPS) is 13.5. The Hall–Kier alpha value is -2.89. The van der Waals surface area contributed by atoms with Gasteiger partial charge in [0.2, 0.25) is 0 Å². The Bertz CT molecular complexity index is 929. The summed E-state index contributed by atoms with van der Waals surface area (Å²) >= 11 is 0. The van der Waals surface area contributed by atoms with E-state index in [0.29, 0.717) is 5.69 Å². The molecule has 2 heterocycles. The number of hydrogen-bond acceptors (Lipinski definition) is 4. The lowest BCUT2D eigenvalue weighted by molar-refractivity contribution is 0.0880. The summed E-state index contributed by atoms with van der Waals surface area (Å²) in [7, 11) is 0. The summed E-state index contributed by atoms with van der Waals surface area (Å²) in [5.41, 5.74) is 8.52. The zero-order chi connectivity index (χ0) is 18.5. The molecule has 6 nitrogen and oxygen atoms in total. The van der Waals surface area contributed by atoms with Crippen molar-refractivity contribution in [1.82, 2.24) is 9.88 Å². The van der Waals surface area contributed by atoms with Gasteiger partial charge in [0.15, 0.2) is 0 Å². The number of anilines is 1. The van der Waals surface area contributed by atoms with Crippen LogP contribution >= 0.6 is 0 Å². The summed E-state index contributed by atoms with van der Waals surface area (Å²) in [6.07, 6.45) is 0. The number of fused-ring (bicyclic) bond motifs is 1. The minimum Gasteiger partial charge on any atom is -0.384 e. The van der Waals surface area contributed by atoms with E-state index in [1.807, 2.05) is 45.9 Å². The number of hydrogen-bond donors (Lipinski definition) is 2. The number of para-hydroxylation sites is 1. The first-order valence-corrected chi connectivity index (χ1v) is 8.28. The second kappa shape index (κ2) is 5.88. The van der Waals surface area contributed by atoms with Crippen LogP contribution in [0.4, 0.5) is 5.82 Å². The minimum absolute atomic E-state index is 0.000787. The van der Waals surface area contributed by atoms with Crippen molar-refractivity contribution in [3.05, 3.63) is 56.9 Å². The molecule has 2 aromatic rings. The molecule has 6 heteroatoms. The van der Waals surface area contributed by atoms with Crippen molar-refractivity contribution in [2.45, 2.75) is 39.5 Å². The number of aromatic nitrogens is 1. The fraction of sp³-hybridized carbons (Fsp3) is 0.316. The second-order valence-corrected chi connectivity index (χ2v) is 6.87. The van der Waals surface area contributed by atoms with Crippen LogP contribution in [0.15, 0.2) is 29.1 Å². The van der Waals surface area contributed by atoms with Gasteiger partial charge in [-0.1, -0.05) is 45.9 Å². The van der Waals surface area contributed by atoms with Gasteiger partial charge in [-0.05, 0) is 23.0 Å². The Morgan fingerprint density at radius 3 is 2.04 bits per heavy atom. The van der Waals surface area contributed by atoms with Crippen LogP contribution in [-0.4, -0.2) is 16.4 Å². The molecule has 1 aliphatic heterocycles. The Morgan fingerprint density at radius 1 is 0.960 bits per heavy atom. The zero-order valence-electron chi connectivity index (χ0n) is 14.7. The van der Waals surface area contributed by atoms with Crippen molar-refractivity contribution in [1.29, 1.82) is 0 Å². The molecule has 0 unspecified atom stereocenters. The molecular weight excluding hydrogens is 318 g/mol. The average Bonchev–Trinajstić information content (AvgIpc) is 2.81. The van der Waals surface area contributed by atoms with E-state index in [0.717, 1.165) is 11.1 Å². The summed E-state index contributed by atoms with van der Waals surface area (Å²) < 4.78 is 1.36. The molecule has 0 saturated heterocycles. The van der Waals surface area contributed by atoms with Gasteiger partial charge in [0.25, 0.3) is 17.4 Å². The lowest BCUT2D eigenvalue weighted by atomic mass is 9.92. The molecule has 1 aromatic carbocycles. The summed E-state index contributed by atoms with van der Waals surface area (Å²) in [5.74, 6) is -0.843. The van der Waals surface area contributed by atoms with Crippen molar-refractivity contribution < 1.29 is 9.59 Å². The predicted octanol–water partition coefficient (Wildman–Crippen LogP) is 2.55. The molecule has 0 saturated carbocycles. The first-order chi connectivity index (χ1) is 11.7. The largest absolute Gasteiger partial charge is 0.384 e. The van der Waals surface area contributed by atoms with E-state index in [9.17, 15) is 14.4 Å². The van der Waals surface area contributed by atoms with E-state index in [1.165, 1.54) is 10.6 Å². The van der Waals surface area contributed by atoms with Crippen LogP contribution in [0.5, 0.6) is 0 Å². The number of carbonyl (C=O) groups is 2. The van der Waals surface area contributed by atoms with Gasteiger partial charge in [0.05, 0.1) is 16.8 Å². The number of nitrogen functional groups attached to an aromatic ring is 1. The molecule has 0 bridgehead atoms. The first kappa shape index (κ1) is 17.0. The summed E-state index contributed by atoms with van der Waals surface area (Å²) in [5, 5.41) is 2.19. The summed E-state index contributed by atoms with van der Waals surface area (Å²) in [6, 6.07) is 7.05. The van der Waals surface area contributed by atoms with Crippen molar-refractivity contribution in [2.24, 2.45) is 0 Å². The fourth-order valence-corrected chi connectivity index (χ4v) is 3.28. The lowest BCUT2D eigenvalue weighted by Crippen LogP contribution is -2.26. The van der Waals surface area contributed by atoms with Gasteiger partial charge in [0.1, 0.15) is 5.82 Å². The predicted molar refractivity (Wildman–Crippen MR) is 96.4 cm³/mol. The third-order valence-corrected chi connectivity index (χ3v) is 4.52. The van der Waals surface area contributed by atoms with Crippen LogP contribution in [0.25, 0.3) is 5.69 Å². The molecule has 0 spiro atoms. The number of carbonyl (C=O) groups excluding carboxylic acids is 2. The van der Waals surface area contributed by atoms with Gasteiger partial charge in [-0.15, -0.1) is 0 Å². The van der Waals surface area contributed by atoms with Crippen LogP contribution in [0.1, 0.15) is 71.4 Å². The highest BCUT2D eigenvalue weighted by molar-refractivity contribution is 6.23. The summed E-state index contributed by atoms with van der Waals surface area (Å²) in [6.45, 7) is 8.14. The second-order valence-electron chi connectivity index (χ2n) is 6.87. The molecule has 3 N–H and O–H groups in total. The maximum Gasteiger partial charge on any atom is 0.262 e. The monoisotopic (exact) mass is 339 g/mol. The topological polar surface area (TPSA) is 94.2 Å². The molecule has 25 heavy (non-hydrogen) atoms. The number of rotatable bonds is 3. The van der Waals surface area contributed by atoms with Crippen LogP contribution in [0.3, 0.4) is 0 Å². The number of amides is 2.